The van der Waals surface area contributed by atoms with E-state index in [1.54, 1.807) is 18.4 Å². The lowest BCUT2D eigenvalue weighted by atomic mass is 9.92. The molecule has 26 heavy (non-hydrogen) atoms. The van der Waals surface area contributed by atoms with Crippen LogP contribution in [0.1, 0.15) is 63.1 Å². The minimum Gasteiger partial charge on any atom is -0.459 e. The Morgan fingerprint density at radius 3 is 2.35 bits per heavy atom. The van der Waals surface area contributed by atoms with Crippen molar-refractivity contribution in [1.29, 1.82) is 0 Å². The molecule has 2 unspecified atom stereocenters. The number of benzene rings is 1. The lowest BCUT2D eigenvalue weighted by Gasteiger charge is -2.23. The third-order valence-electron chi connectivity index (χ3n) is 4.82. The molecule has 5 heteroatoms. The SMILES string of the molecule is CCC(C)c1ccc(C(NCc2nnc(-c3ccco3)o2)C(C)C)cc1. The molecule has 1 N–H and O–H groups in total. The van der Waals surface area contributed by atoms with Crippen molar-refractivity contribution in [3.63, 3.8) is 0 Å². The van der Waals surface area contributed by atoms with Crippen molar-refractivity contribution in [3.05, 3.63) is 59.7 Å². The van der Waals surface area contributed by atoms with E-state index in [9.17, 15) is 0 Å². The van der Waals surface area contributed by atoms with E-state index in [0.29, 0.717) is 35.9 Å². The van der Waals surface area contributed by atoms with Crippen LogP contribution in [0.3, 0.4) is 0 Å². The fourth-order valence-electron chi connectivity index (χ4n) is 3.03. The molecule has 0 saturated heterocycles. The Bertz CT molecular complexity index is 791. The standard InChI is InChI=1S/C21H27N3O2/c1-5-15(4)16-8-10-17(11-9-16)20(14(2)3)22-13-19-23-24-21(26-19)18-7-6-12-25-18/h6-12,14-15,20,22H,5,13H2,1-4H3. The van der Waals surface area contributed by atoms with Crippen LogP contribution in [0.5, 0.6) is 0 Å². The number of aromatic nitrogens is 2. The molecule has 5 nitrogen and oxygen atoms in total. The van der Waals surface area contributed by atoms with E-state index in [1.165, 1.54) is 11.1 Å². The molecule has 0 aliphatic heterocycles. The number of hydrogen-bond donors (Lipinski definition) is 1. The van der Waals surface area contributed by atoms with Crippen LogP contribution in [0, 0.1) is 5.92 Å². The minimum atomic E-state index is 0.222. The smallest absolute Gasteiger partial charge is 0.283 e. The molecule has 138 valence electrons. The first-order valence-electron chi connectivity index (χ1n) is 9.28. The van der Waals surface area contributed by atoms with E-state index in [-0.39, 0.29) is 6.04 Å². The fourth-order valence-corrected chi connectivity index (χ4v) is 3.03. The highest BCUT2D eigenvalue weighted by molar-refractivity contribution is 5.42. The van der Waals surface area contributed by atoms with Gasteiger partial charge in [-0.1, -0.05) is 52.0 Å². The van der Waals surface area contributed by atoms with Gasteiger partial charge in [0.1, 0.15) is 0 Å². The van der Waals surface area contributed by atoms with E-state index in [0.717, 1.165) is 6.42 Å². The molecule has 2 atom stereocenters. The molecule has 0 amide bonds. The van der Waals surface area contributed by atoms with Gasteiger partial charge in [0.2, 0.25) is 5.89 Å². The lowest BCUT2D eigenvalue weighted by Crippen LogP contribution is -2.25. The molecule has 3 rings (SSSR count). The summed E-state index contributed by atoms with van der Waals surface area (Å²) in [5.41, 5.74) is 2.66. The Balaban J connectivity index is 1.67. The summed E-state index contributed by atoms with van der Waals surface area (Å²) in [6.45, 7) is 9.42. The second-order valence-corrected chi connectivity index (χ2v) is 7.06. The topological polar surface area (TPSA) is 64.1 Å². The van der Waals surface area contributed by atoms with Gasteiger partial charge in [-0.15, -0.1) is 10.2 Å². The summed E-state index contributed by atoms with van der Waals surface area (Å²) >= 11 is 0. The average molecular weight is 353 g/mol. The highest BCUT2D eigenvalue weighted by atomic mass is 16.4. The number of nitrogens with one attached hydrogen (secondary N) is 1. The lowest BCUT2D eigenvalue weighted by molar-refractivity contribution is 0.378. The first-order chi connectivity index (χ1) is 12.6. The quantitative estimate of drug-likeness (QED) is 0.593. The third kappa shape index (κ3) is 4.22. The Morgan fingerprint density at radius 2 is 1.73 bits per heavy atom. The zero-order valence-electron chi connectivity index (χ0n) is 15.9. The van der Waals surface area contributed by atoms with Crippen LogP contribution < -0.4 is 5.32 Å². The molecule has 3 aromatic rings. The molecule has 0 aliphatic carbocycles. The van der Waals surface area contributed by atoms with Crippen molar-refractivity contribution in [2.75, 3.05) is 0 Å². The molecule has 0 radical (unpaired) electrons. The second kappa shape index (κ2) is 8.32. The van der Waals surface area contributed by atoms with Crippen LogP contribution in [0.15, 0.2) is 51.5 Å². The van der Waals surface area contributed by atoms with E-state index >= 15 is 0 Å². The Labute approximate surface area is 154 Å². The Hall–Kier alpha value is -2.40. The summed E-state index contributed by atoms with van der Waals surface area (Å²) in [6.07, 6.45) is 2.75. The highest BCUT2D eigenvalue weighted by Crippen LogP contribution is 2.26. The van der Waals surface area contributed by atoms with Crippen LogP contribution in [-0.4, -0.2) is 10.2 Å². The molecule has 1 aromatic carbocycles. The molecule has 0 spiro atoms. The maximum Gasteiger partial charge on any atom is 0.283 e. The summed E-state index contributed by atoms with van der Waals surface area (Å²) in [4.78, 5) is 0. The number of rotatable bonds is 8. The Kier molecular flexibility index (Phi) is 5.89. The van der Waals surface area contributed by atoms with Gasteiger partial charge in [-0.05, 0) is 41.5 Å². The molecule has 2 heterocycles. The van der Waals surface area contributed by atoms with Gasteiger partial charge in [0.25, 0.3) is 5.89 Å². The van der Waals surface area contributed by atoms with Crippen molar-refractivity contribution in [2.45, 2.75) is 52.6 Å². The molecule has 0 aliphatic rings. The van der Waals surface area contributed by atoms with Crippen molar-refractivity contribution in [2.24, 2.45) is 5.92 Å². The molecular weight excluding hydrogens is 326 g/mol. The zero-order chi connectivity index (χ0) is 18.5. The van der Waals surface area contributed by atoms with Gasteiger partial charge in [-0.25, -0.2) is 0 Å². The maximum absolute atomic E-state index is 5.68. The predicted molar refractivity (Wildman–Crippen MR) is 102 cm³/mol. The van der Waals surface area contributed by atoms with E-state index in [4.69, 9.17) is 8.83 Å². The second-order valence-electron chi connectivity index (χ2n) is 7.06. The van der Waals surface area contributed by atoms with Crippen molar-refractivity contribution >= 4 is 0 Å². The number of furan rings is 1. The normalized spacial score (nSPS) is 13.9. The fraction of sp³-hybridized carbons (Fsp3) is 0.429. The number of nitrogens with zero attached hydrogens (tertiary/aromatic N) is 2. The monoisotopic (exact) mass is 353 g/mol. The minimum absolute atomic E-state index is 0.222. The van der Waals surface area contributed by atoms with Crippen molar-refractivity contribution < 1.29 is 8.83 Å². The van der Waals surface area contributed by atoms with Crippen LogP contribution in [0.2, 0.25) is 0 Å². The highest BCUT2D eigenvalue weighted by Gasteiger charge is 2.18. The van der Waals surface area contributed by atoms with Crippen LogP contribution in [0.25, 0.3) is 11.7 Å². The molecule has 0 bridgehead atoms. The van der Waals surface area contributed by atoms with Crippen molar-refractivity contribution in [3.8, 4) is 11.7 Å². The van der Waals surface area contributed by atoms with Gasteiger partial charge in [0, 0.05) is 6.04 Å². The molecule has 0 saturated carbocycles. The van der Waals surface area contributed by atoms with E-state index in [2.05, 4.69) is 67.5 Å². The third-order valence-corrected chi connectivity index (χ3v) is 4.82. The summed E-state index contributed by atoms with van der Waals surface area (Å²) < 4.78 is 11.0. The van der Waals surface area contributed by atoms with Crippen LogP contribution in [0.4, 0.5) is 0 Å². The van der Waals surface area contributed by atoms with Gasteiger partial charge < -0.3 is 14.2 Å². The van der Waals surface area contributed by atoms with Crippen molar-refractivity contribution in [1.82, 2.24) is 15.5 Å². The average Bonchev–Trinajstić information content (AvgIpc) is 3.33. The summed E-state index contributed by atoms with van der Waals surface area (Å²) in [6, 6.07) is 12.8. The van der Waals surface area contributed by atoms with Crippen LogP contribution >= 0.6 is 0 Å². The summed E-state index contributed by atoms with van der Waals surface area (Å²) in [5, 5.41) is 11.7. The van der Waals surface area contributed by atoms with E-state index in [1.807, 2.05) is 0 Å². The summed E-state index contributed by atoms with van der Waals surface area (Å²) in [7, 11) is 0. The first kappa shape index (κ1) is 18.4. The van der Waals surface area contributed by atoms with Gasteiger partial charge in [-0.2, -0.15) is 0 Å². The Morgan fingerprint density at radius 1 is 1.00 bits per heavy atom. The molecule has 0 fully saturated rings. The first-order valence-corrected chi connectivity index (χ1v) is 9.28. The van der Waals surface area contributed by atoms with Crippen LogP contribution in [-0.2, 0) is 6.54 Å². The molecule has 2 aromatic heterocycles. The summed E-state index contributed by atoms with van der Waals surface area (Å²) in [5.74, 6) is 2.58. The zero-order valence-corrected chi connectivity index (χ0v) is 15.9. The predicted octanol–water partition coefficient (Wildman–Crippen LogP) is 5.33. The maximum atomic E-state index is 5.68. The molecular formula is C21H27N3O2. The van der Waals surface area contributed by atoms with Gasteiger partial charge in [0.05, 0.1) is 12.8 Å². The van der Waals surface area contributed by atoms with Gasteiger partial charge in [0.15, 0.2) is 5.76 Å². The van der Waals surface area contributed by atoms with Gasteiger partial charge >= 0.3 is 0 Å². The van der Waals surface area contributed by atoms with Gasteiger partial charge in [-0.3, -0.25) is 0 Å². The largest absolute Gasteiger partial charge is 0.459 e. The van der Waals surface area contributed by atoms with E-state index < -0.39 is 0 Å². The number of hydrogen-bond acceptors (Lipinski definition) is 5.